The number of sulfonamides is 1. The first-order valence-corrected chi connectivity index (χ1v) is 7.52. The van der Waals surface area contributed by atoms with Crippen LogP contribution in [0, 0.1) is 0 Å². The normalized spacial score (nSPS) is 13.0. The minimum Gasteiger partial charge on any atom is -0.358 e. The lowest BCUT2D eigenvalue weighted by atomic mass is 10.1. The smallest absolute Gasteiger partial charge is 0.237 e. The Morgan fingerprint density at radius 3 is 2.26 bits per heavy atom. The van der Waals surface area contributed by atoms with E-state index in [4.69, 9.17) is 5.73 Å². The molecule has 1 rings (SSSR count). The van der Waals surface area contributed by atoms with Gasteiger partial charge in [-0.25, -0.2) is 13.1 Å². The van der Waals surface area contributed by atoms with Crippen molar-refractivity contribution in [2.45, 2.75) is 25.3 Å². The third-order valence-electron chi connectivity index (χ3n) is 2.61. The fraction of sp³-hybridized carbons (Fsp3) is 0.417. The Balaban J connectivity index is 2.70. The summed E-state index contributed by atoms with van der Waals surface area (Å²) in [5.41, 5.74) is 7.05. The molecule has 1 atom stereocenters. The molecule has 0 aliphatic rings. The first-order valence-electron chi connectivity index (χ1n) is 5.87. The highest BCUT2D eigenvalue weighted by Crippen LogP contribution is 2.08. The van der Waals surface area contributed by atoms with Gasteiger partial charge in [-0.2, -0.15) is 0 Å². The van der Waals surface area contributed by atoms with E-state index in [1.54, 1.807) is 24.3 Å². The molecule has 0 aliphatic carbocycles. The summed E-state index contributed by atoms with van der Waals surface area (Å²) in [6.07, 6.45) is 0. The zero-order chi connectivity index (χ0) is 14.5. The van der Waals surface area contributed by atoms with Crippen molar-refractivity contribution in [3.63, 3.8) is 0 Å². The molecule has 0 heterocycles. The summed E-state index contributed by atoms with van der Waals surface area (Å²) in [5, 5.41) is 2.39. The predicted molar refractivity (Wildman–Crippen MR) is 73.6 cm³/mol. The predicted octanol–water partition coefficient (Wildman–Crippen LogP) is -0.301. The highest BCUT2D eigenvalue weighted by molar-refractivity contribution is 7.88. The molecule has 1 unspecified atom stereocenters. The van der Waals surface area contributed by atoms with E-state index in [9.17, 15) is 13.2 Å². The van der Waals surface area contributed by atoms with Gasteiger partial charge in [-0.05, 0) is 18.1 Å². The van der Waals surface area contributed by atoms with E-state index >= 15 is 0 Å². The number of hydrogen-bond donors (Lipinski definition) is 3. The molecule has 1 aromatic carbocycles. The lowest BCUT2D eigenvalue weighted by Crippen LogP contribution is -2.43. The lowest BCUT2D eigenvalue weighted by Gasteiger charge is -2.12. The van der Waals surface area contributed by atoms with Gasteiger partial charge in [0, 0.05) is 13.6 Å². The average Bonchev–Trinajstić information content (AvgIpc) is 2.37. The first kappa shape index (κ1) is 15.6. The van der Waals surface area contributed by atoms with Gasteiger partial charge in [-0.1, -0.05) is 24.3 Å². The van der Waals surface area contributed by atoms with Crippen molar-refractivity contribution in [3.8, 4) is 0 Å². The second kappa shape index (κ2) is 6.65. The summed E-state index contributed by atoms with van der Waals surface area (Å²) >= 11 is 0. The molecule has 0 radical (unpaired) electrons. The van der Waals surface area contributed by atoms with Crippen LogP contribution >= 0.6 is 0 Å². The molecular formula is C12H19N3O3S. The number of likely N-dealkylation sites (N-methyl/N-ethyl adjacent to an activating group) is 1. The van der Waals surface area contributed by atoms with Crippen LogP contribution in [0.5, 0.6) is 0 Å². The molecule has 0 spiro atoms. The molecule has 4 N–H and O–H groups in total. The molecule has 7 heteroatoms. The Kier molecular flexibility index (Phi) is 5.46. The summed E-state index contributed by atoms with van der Waals surface area (Å²) in [5.74, 6) is -0.541. The molecule has 1 aromatic rings. The lowest BCUT2D eigenvalue weighted by molar-refractivity contribution is -0.121. The van der Waals surface area contributed by atoms with E-state index in [1.807, 2.05) is 0 Å². The SMILES string of the molecule is CNC(=O)C(C)NS(=O)(=O)Cc1ccc(CN)cc1. The molecule has 0 saturated heterocycles. The van der Waals surface area contributed by atoms with Gasteiger partial charge in [0.05, 0.1) is 11.8 Å². The summed E-state index contributed by atoms with van der Waals surface area (Å²) < 4.78 is 26.1. The fourth-order valence-corrected chi connectivity index (χ4v) is 2.93. The van der Waals surface area contributed by atoms with Gasteiger partial charge in [0.25, 0.3) is 0 Å². The third kappa shape index (κ3) is 4.98. The Bertz CT molecular complexity index is 526. The fourth-order valence-electron chi connectivity index (χ4n) is 1.57. The van der Waals surface area contributed by atoms with Crippen LogP contribution in [0.25, 0.3) is 0 Å². The summed E-state index contributed by atoms with van der Waals surface area (Å²) in [6, 6.07) is 6.20. The molecule has 0 saturated carbocycles. The van der Waals surface area contributed by atoms with E-state index in [1.165, 1.54) is 14.0 Å². The van der Waals surface area contributed by atoms with Crippen LogP contribution in [0.4, 0.5) is 0 Å². The van der Waals surface area contributed by atoms with Crippen molar-refractivity contribution < 1.29 is 13.2 Å². The van der Waals surface area contributed by atoms with Gasteiger partial charge in [-0.3, -0.25) is 4.79 Å². The van der Waals surface area contributed by atoms with E-state index in [0.29, 0.717) is 12.1 Å². The molecular weight excluding hydrogens is 266 g/mol. The molecule has 1 amide bonds. The molecule has 19 heavy (non-hydrogen) atoms. The van der Waals surface area contributed by atoms with Crippen molar-refractivity contribution in [1.82, 2.24) is 10.0 Å². The van der Waals surface area contributed by atoms with Gasteiger partial charge in [0.15, 0.2) is 0 Å². The van der Waals surface area contributed by atoms with Crippen LogP contribution in [0.2, 0.25) is 0 Å². The van der Waals surface area contributed by atoms with Crippen molar-refractivity contribution in [2.75, 3.05) is 7.05 Å². The highest BCUT2D eigenvalue weighted by Gasteiger charge is 2.19. The Morgan fingerprint density at radius 2 is 1.79 bits per heavy atom. The third-order valence-corrected chi connectivity index (χ3v) is 4.04. The summed E-state index contributed by atoms with van der Waals surface area (Å²) in [6.45, 7) is 1.91. The molecule has 0 fully saturated rings. The molecule has 106 valence electrons. The number of nitrogens with two attached hydrogens (primary N) is 1. The number of benzene rings is 1. The quantitative estimate of drug-likeness (QED) is 0.668. The molecule has 6 nitrogen and oxygen atoms in total. The van der Waals surface area contributed by atoms with Crippen LogP contribution in [-0.2, 0) is 27.1 Å². The van der Waals surface area contributed by atoms with Gasteiger partial charge in [0.1, 0.15) is 0 Å². The van der Waals surface area contributed by atoms with E-state index in [-0.39, 0.29) is 11.7 Å². The number of amides is 1. The van der Waals surface area contributed by atoms with Crippen molar-refractivity contribution in [1.29, 1.82) is 0 Å². The molecule has 0 aliphatic heterocycles. The summed E-state index contributed by atoms with van der Waals surface area (Å²) in [4.78, 5) is 11.3. The number of hydrogen-bond acceptors (Lipinski definition) is 4. The number of carbonyl (C=O) groups excluding carboxylic acids is 1. The van der Waals surface area contributed by atoms with Crippen LogP contribution in [0.1, 0.15) is 18.1 Å². The maximum absolute atomic E-state index is 11.9. The van der Waals surface area contributed by atoms with Crippen molar-refractivity contribution in [2.24, 2.45) is 5.73 Å². The monoisotopic (exact) mass is 285 g/mol. The van der Waals surface area contributed by atoms with Crippen LogP contribution in [0.15, 0.2) is 24.3 Å². The van der Waals surface area contributed by atoms with Gasteiger partial charge < -0.3 is 11.1 Å². The second-order valence-electron chi connectivity index (χ2n) is 4.23. The van der Waals surface area contributed by atoms with Crippen LogP contribution in [-0.4, -0.2) is 27.4 Å². The van der Waals surface area contributed by atoms with E-state index in [2.05, 4.69) is 10.0 Å². The average molecular weight is 285 g/mol. The van der Waals surface area contributed by atoms with Gasteiger partial charge in [-0.15, -0.1) is 0 Å². The Hall–Kier alpha value is -1.44. The Labute approximate surface area is 113 Å². The maximum Gasteiger partial charge on any atom is 0.237 e. The van der Waals surface area contributed by atoms with E-state index in [0.717, 1.165) is 5.56 Å². The second-order valence-corrected chi connectivity index (χ2v) is 5.99. The van der Waals surface area contributed by atoms with Crippen molar-refractivity contribution in [3.05, 3.63) is 35.4 Å². The first-order chi connectivity index (χ1) is 8.88. The van der Waals surface area contributed by atoms with Gasteiger partial charge in [0.2, 0.25) is 15.9 Å². The van der Waals surface area contributed by atoms with Crippen LogP contribution in [0.3, 0.4) is 0 Å². The van der Waals surface area contributed by atoms with E-state index < -0.39 is 16.1 Å². The zero-order valence-corrected chi connectivity index (χ0v) is 11.8. The number of rotatable bonds is 6. The Morgan fingerprint density at radius 1 is 1.26 bits per heavy atom. The minimum absolute atomic E-state index is 0.167. The highest BCUT2D eigenvalue weighted by atomic mass is 32.2. The number of carbonyl (C=O) groups is 1. The molecule has 0 aromatic heterocycles. The minimum atomic E-state index is -3.55. The van der Waals surface area contributed by atoms with Gasteiger partial charge >= 0.3 is 0 Å². The van der Waals surface area contributed by atoms with Crippen molar-refractivity contribution >= 4 is 15.9 Å². The topological polar surface area (TPSA) is 101 Å². The number of nitrogens with one attached hydrogen (secondary N) is 2. The standard InChI is InChI=1S/C12H19N3O3S/c1-9(12(16)14-2)15-19(17,18)8-11-5-3-10(7-13)4-6-11/h3-6,9,15H,7-8,13H2,1-2H3,(H,14,16). The largest absolute Gasteiger partial charge is 0.358 e. The summed E-state index contributed by atoms with van der Waals surface area (Å²) in [7, 11) is -2.09. The maximum atomic E-state index is 11.9. The molecule has 0 bridgehead atoms. The van der Waals surface area contributed by atoms with Crippen LogP contribution < -0.4 is 15.8 Å². The zero-order valence-electron chi connectivity index (χ0n) is 11.0.